The molecule has 0 aromatic carbocycles. The lowest BCUT2D eigenvalue weighted by Crippen LogP contribution is -2.40. The Balaban J connectivity index is 2.29. The molecule has 136 valence electrons. The first-order valence-corrected chi connectivity index (χ1v) is 9.01. The van der Waals surface area contributed by atoms with E-state index in [1.54, 1.807) is 0 Å². The van der Waals surface area contributed by atoms with Crippen molar-refractivity contribution in [1.82, 2.24) is 4.90 Å². The van der Waals surface area contributed by atoms with Crippen molar-refractivity contribution in [2.24, 2.45) is 11.8 Å². The predicted octanol–water partition coefficient (Wildman–Crippen LogP) is 1.89. The maximum absolute atomic E-state index is 12.4. The van der Waals surface area contributed by atoms with Crippen molar-refractivity contribution >= 4 is 5.97 Å². The van der Waals surface area contributed by atoms with Crippen LogP contribution in [0.25, 0.3) is 0 Å². The van der Waals surface area contributed by atoms with Crippen LogP contribution in [-0.4, -0.2) is 59.0 Å². The third-order valence-corrected chi connectivity index (χ3v) is 5.41. The number of aliphatic hydroxyl groups is 2. The van der Waals surface area contributed by atoms with Gasteiger partial charge in [-0.25, -0.2) is 0 Å². The van der Waals surface area contributed by atoms with Crippen LogP contribution >= 0.6 is 0 Å². The predicted molar refractivity (Wildman–Crippen MR) is 93.4 cm³/mol. The number of carbonyl (C=O) groups is 1. The summed E-state index contributed by atoms with van der Waals surface area (Å²) in [5, 5.41) is 21.0. The zero-order chi connectivity index (χ0) is 17.9. The Morgan fingerprint density at radius 2 is 2.00 bits per heavy atom. The van der Waals surface area contributed by atoms with Gasteiger partial charge in [-0.15, -0.1) is 0 Å². The molecule has 1 saturated heterocycles. The van der Waals surface area contributed by atoms with Gasteiger partial charge in [0.15, 0.2) is 0 Å². The molecular formula is C19H31NO4. The van der Waals surface area contributed by atoms with E-state index < -0.39 is 18.3 Å². The van der Waals surface area contributed by atoms with Crippen LogP contribution in [0.1, 0.15) is 40.0 Å². The zero-order valence-electron chi connectivity index (χ0n) is 15.1. The summed E-state index contributed by atoms with van der Waals surface area (Å²) in [5.74, 6) is -0.892. The molecule has 0 amide bonds. The summed E-state index contributed by atoms with van der Waals surface area (Å²) in [5.41, 5.74) is 1.71. The van der Waals surface area contributed by atoms with Crippen LogP contribution in [0.2, 0.25) is 0 Å². The molecule has 0 saturated carbocycles. The van der Waals surface area contributed by atoms with Crippen LogP contribution in [0, 0.1) is 11.8 Å². The number of hydrogen-bond acceptors (Lipinski definition) is 5. The molecule has 5 heteroatoms. The average molecular weight is 337 g/mol. The van der Waals surface area contributed by atoms with E-state index >= 15 is 0 Å². The molecule has 1 fully saturated rings. The lowest BCUT2D eigenvalue weighted by Gasteiger charge is -2.29. The molecular weight excluding hydrogens is 306 g/mol. The highest BCUT2D eigenvalue weighted by Gasteiger charge is 2.48. The molecule has 0 aromatic rings. The van der Waals surface area contributed by atoms with Crippen LogP contribution in [0.15, 0.2) is 23.8 Å². The summed E-state index contributed by atoms with van der Waals surface area (Å²) in [6, 6.07) is 0. The molecule has 0 aromatic heterocycles. The van der Waals surface area contributed by atoms with E-state index in [-0.39, 0.29) is 17.8 Å². The van der Waals surface area contributed by atoms with Crippen molar-refractivity contribution in [3.63, 3.8) is 0 Å². The van der Waals surface area contributed by atoms with Gasteiger partial charge in [0.25, 0.3) is 0 Å². The Hall–Kier alpha value is -1.17. The zero-order valence-corrected chi connectivity index (χ0v) is 15.1. The van der Waals surface area contributed by atoms with Gasteiger partial charge in [-0.3, -0.25) is 4.79 Å². The summed E-state index contributed by atoms with van der Waals surface area (Å²) >= 11 is 0. The largest absolute Gasteiger partial charge is 0.461 e. The molecule has 2 N–H and O–H groups in total. The molecule has 1 aliphatic carbocycles. The first-order valence-electron chi connectivity index (χ1n) is 9.01. The number of nitrogens with zero attached hydrogens (tertiary/aromatic N) is 1. The van der Waals surface area contributed by atoms with Gasteiger partial charge < -0.3 is 19.8 Å². The Morgan fingerprint density at radius 3 is 2.62 bits per heavy atom. The fraction of sp³-hybridized carbons (Fsp3) is 0.737. The average Bonchev–Trinajstić information content (AvgIpc) is 2.84. The highest BCUT2D eigenvalue weighted by Crippen LogP contribution is 2.37. The highest BCUT2D eigenvalue weighted by molar-refractivity contribution is 5.76. The number of ether oxygens (including phenoxy) is 1. The van der Waals surface area contributed by atoms with Gasteiger partial charge in [0, 0.05) is 18.9 Å². The summed E-state index contributed by atoms with van der Waals surface area (Å²) < 4.78 is 5.60. The summed E-state index contributed by atoms with van der Waals surface area (Å²) in [6.45, 7) is 12.3. The topological polar surface area (TPSA) is 70.0 Å². The summed E-state index contributed by atoms with van der Waals surface area (Å²) in [7, 11) is 0. The van der Waals surface area contributed by atoms with Gasteiger partial charge in [0.2, 0.25) is 0 Å². The van der Waals surface area contributed by atoms with E-state index in [0.29, 0.717) is 31.4 Å². The third kappa shape index (κ3) is 4.26. The number of carbonyl (C=O) groups excluding carboxylic acids is 1. The van der Waals surface area contributed by atoms with Crippen molar-refractivity contribution in [2.45, 2.75) is 58.3 Å². The van der Waals surface area contributed by atoms with Crippen molar-refractivity contribution in [1.29, 1.82) is 0 Å². The molecule has 5 nitrogen and oxygen atoms in total. The van der Waals surface area contributed by atoms with Crippen LogP contribution in [0.3, 0.4) is 0 Å². The van der Waals surface area contributed by atoms with Gasteiger partial charge in [-0.1, -0.05) is 32.1 Å². The molecule has 2 rings (SSSR count). The van der Waals surface area contributed by atoms with E-state index in [4.69, 9.17) is 4.74 Å². The minimum atomic E-state index is -0.718. The van der Waals surface area contributed by atoms with Gasteiger partial charge in [-0.05, 0) is 38.4 Å². The number of hydrogen-bond donors (Lipinski definition) is 2. The van der Waals surface area contributed by atoms with Crippen LogP contribution in [0.5, 0.6) is 0 Å². The van der Waals surface area contributed by atoms with Crippen molar-refractivity contribution in [3.8, 4) is 0 Å². The Kier molecular flexibility index (Phi) is 6.61. The Morgan fingerprint density at radius 1 is 1.33 bits per heavy atom. The minimum absolute atomic E-state index is 0.247. The summed E-state index contributed by atoms with van der Waals surface area (Å²) in [6.07, 6.45) is 1.81. The summed E-state index contributed by atoms with van der Waals surface area (Å²) in [4.78, 5) is 14.6. The third-order valence-electron chi connectivity index (χ3n) is 5.41. The molecule has 0 spiro atoms. The molecule has 1 aliphatic heterocycles. The normalized spacial score (nSPS) is 36.9. The van der Waals surface area contributed by atoms with Gasteiger partial charge in [0.1, 0.15) is 6.10 Å². The van der Waals surface area contributed by atoms with Gasteiger partial charge in [-0.2, -0.15) is 0 Å². The SMILES string of the molecule is C=C1C[C@@H]2OC(=O)[C@H](CN(CC)CC)[C@@H]2[C@H](O)/C=C(\C)CC[C@@H]1O. The maximum Gasteiger partial charge on any atom is 0.311 e. The van der Waals surface area contributed by atoms with Crippen molar-refractivity contribution in [3.05, 3.63) is 23.8 Å². The Bertz CT molecular complexity index is 498. The molecule has 5 atom stereocenters. The molecule has 0 bridgehead atoms. The molecule has 24 heavy (non-hydrogen) atoms. The van der Waals surface area contributed by atoms with E-state index in [0.717, 1.165) is 18.7 Å². The smallest absolute Gasteiger partial charge is 0.311 e. The second kappa shape index (κ2) is 8.28. The number of fused-ring (bicyclic) bond motifs is 1. The molecule has 1 heterocycles. The second-order valence-corrected chi connectivity index (χ2v) is 7.07. The first kappa shape index (κ1) is 19.2. The monoisotopic (exact) mass is 337 g/mol. The van der Waals surface area contributed by atoms with E-state index in [2.05, 4.69) is 25.3 Å². The Labute approximate surface area is 145 Å². The maximum atomic E-state index is 12.4. The number of aliphatic hydroxyl groups excluding tert-OH is 2. The molecule has 0 radical (unpaired) electrons. The molecule has 2 aliphatic rings. The van der Waals surface area contributed by atoms with E-state index in [1.165, 1.54) is 0 Å². The van der Waals surface area contributed by atoms with Crippen molar-refractivity contribution < 1.29 is 19.7 Å². The van der Waals surface area contributed by atoms with Crippen LogP contribution in [0.4, 0.5) is 0 Å². The highest BCUT2D eigenvalue weighted by atomic mass is 16.6. The minimum Gasteiger partial charge on any atom is -0.461 e. The van der Waals surface area contributed by atoms with E-state index in [1.807, 2.05) is 13.0 Å². The standard InChI is InChI=1S/C19H31NO4/c1-5-20(6-2)11-14-18-16(22)9-12(3)7-8-15(21)13(4)10-17(18)24-19(14)23/h9,14-18,21-22H,4-8,10-11H2,1-3H3/b12-9+/t14-,15+,16-,17+,18-/m1/s1. The second-order valence-electron chi connectivity index (χ2n) is 7.07. The van der Waals surface area contributed by atoms with Crippen LogP contribution in [-0.2, 0) is 9.53 Å². The quantitative estimate of drug-likeness (QED) is 0.606. The van der Waals surface area contributed by atoms with Crippen LogP contribution < -0.4 is 0 Å². The number of allylic oxidation sites excluding steroid dienone is 1. The lowest BCUT2D eigenvalue weighted by atomic mass is 9.80. The van der Waals surface area contributed by atoms with E-state index in [9.17, 15) is 15.0 Å². The first-order chi connectivity index (χ1) is 11.4. The number of rotatable bonds is 4. The van der Waals surface area contributed by atoms with Gasteiger partial charge >= 0.3 is 5.97 Å². The van der Waals surface area contributed by atoms with Crippen molar-refractivity contribution in [2.75, 3.05) is 19.6 Å². The lowest BCUT2D eigenvalue weighted by molar-refractivity contribution is -0.144. The number of esters is 1. The fourth-order valence-corrected chi connectivity index (χ4v) is 3.77. The molecule has 0 unspecified atom stereocenters. The fourth-order valence-electron chi connectivity index (χ4n) is 3.77. The van der Waals surface area contributed by atoms with Gasteiger partial charge in [0.05, 0.1) is 18.1 Å².